The molecule has 5 nitrogen and oxygen atoms in total. The van der Waals surface area contributed by atoms with E-state index in [1.807, 2.05) is 48.5 Å². The molecule has 0 radical (unpaired) electrons. The molecule has 2 N–H and O–H groups in total. The highest BCUT2D eigenvalue weighted by molar-refractivity contribution is 6.02. The summed E-state index contributed by atoms with van der Waals surface area (Å²) in [5.74, 6) is -0.385. The minimum absolute atomic E-state index is 0.155. The molecule has 2 amide bonds. The second kappa shape index (κ2) is 6.01. The van der Waals surface area contributed by atoms with Crippen LogP contribution in [0.3, 0.4) is 0 Å². The Balaban J connectivity index is 1.59. The minimum atomic E-state index is -0.643. The average molecular weight is 336 g/mol. The van der Waals surface area contributed by atoms with Crippen LogP contribution >= 0.6 is 0 Å². The van der Waals surface area contributed by atoms with E-state index in [0.29, 0.717) is 12.8 Å². The summed E-state index contributed by atoms with van der Waals surface area (Å²) in [4.78, 5) is 26.6. The van der Waals surface area contributed by atoms with Gasteiger partial charge < -0.3 is 10.4 Å². The molecule has 1 aliphatic carbocycles. The number of rotatable bonds is 2. The predicted octanol–water partition coefficient (Wildman–Crippen LogP) is 1.74. The highest BCUT2D eigenvalue weighted by Gasteiger charge is 2.39. The van der Waals surface area contributed by atoms with E-state index in [1.165, 1.54) is 6.92 Å². The molecule has 0 saturated heterocycles. The molecule has 2 unspecified atom stereocenters. The second-order valence-electron chi connectivity index (χ2n) is 6.69. The predicted molar refractivity (Wildman–Crippen MR) is 94.1 cm³/mol. The van der Waals surface area contributed by atoms with Gasteiger partial charge in [-0.15, -0.1) is 0 Å². The smallest absolute Gasteiger partial charge is 0.244 e. The Morgan fingerprint density at radius 1 is 1.04 bits per heavy atom. The van der Waals surface area contributed by atoms with Gasteiger partial charge in [-0.25, -0.2) is 0 Å². The van der Waals surface area contributed by atoms with Crippen molar-refractivity contribution in [3.63, 3.8) is 0 Å². The molecule has 0 aromatic heterocycles. The van der Waals surface area contributed by atoms with Gasteiger partial charge in [-0.2, -0.15) is 0 Å². The second-order valence-corrected chi connectivity index (χ2v) is 6.69. The van der Waals surface area contributed by atoms with E-state index in [0.717, 1.165) is 22.4 Å². The summed E-state index contributed by atoms with van der Waals surface area (Å²) in [6.45, 7) is 1.47. The Morgan fingerprint density at radius 3 is 2.48 bits per heavy atom. The molecule has 5 heteroatoms. The van der Waals surface area contributed by atoms with Gasteiger partial charge in [0.1, 0.15) is 6.04 Å². The van der Waals surface area contributed by atoms with Crippen LogP contribution in [0, 0.1) is 0 Å². The normalized spacial score (nSPS) is 23.9. The molecule has 25 heavy (non-hydrogen) atoms. The van der Waals surface area contributed by atoms with Crippen molar-refractivity contribution in [1.29, 1.82) is 0 Å². The maximum Gasteiger partial charge on any atom is 0.244 e. The third-order valence-corrected chi connectivity index (χ3v) is 5.12. The first-order chi connectivity index (χ1) is 12.1. The number of benzene rings is 2. The number of amides is 2. The summed E-state index contributed by atoms with van der Waals surface area (Å²) in [7, 11) is 0. The fourth-order valence-corrected chi connectivity index (χ4v) is 3.98. The molecule has 4 rings (SSSR count). The number of nitrogens with zero attached hydrogens (tertiary/aromatic N) is 1. The van der Waals surface area contributed by atoms with Crippen molar-refractivity contribution in [3.05, 3.63) is 65.2 Å². The summed E-state index contributed by atoms with van der Waals surface area (Å²) in [6, 6.07) is 14.3. The van der Waals surface area contributed by atoms with Crippen LogP contribution in [0.5, 0.6) is 0 Å². The van der Waals surface area contributed by atoms with Crippen LogP contribution in [0.25, 0.3) is 0 Å². The number of nitrogens with one attached hydrogen (secondary N) is 1. The quantitative estimate of drug-likeness (QED) is 0.878. The zero-order chi connectivity index (χ0) is 17.6. The number of fused-ring (bicyclic) bond motifs is 2. The summed E-state index contributed by atoms with van der Waals surface area (Å²) < 4.78 is 0. The van der Waals surface area contributed by atoms with Gasteiger partial charge in [-0.3, -0.25) is 14.5 Å². The van der Waals surface area contributed by atoms with Gasteiger partial charge in [0.2, 0.25) is 11.8 Å². The van der Waals surface area contributed by atoms with Gasteiger partial charge in [0.25, 0.3) is 0 Å². The molecule has 2 aromatic carbocycles. The van der Waals surface area contributed by atoms with Crippen LogP contribution in [0.4, 0.5) is 5.69 Å². The zero-order valence-electron chi connectivity index (χ0n) is 14.0. The monoisotopic (exact) mass is 336 g/mol. The van der Waals surface area contributed by atoms with E-state index in [4.69, 9.17) is 0 Å². The van der Waals surface area contributed by atoms with Gasteiger partial charge >= 0.3 is 0 Å². The van der Waals surface area contributed by atoms with Crippen molar-refractivity contribution in [1.82, 2.24) is 5.32 Å². The SMILES string of the molecule is CC(=O)N1c2ccccc2C[C@H]1C(=O)NC1c2ccccc2CC1O. The van der Waals surface area contributed by atoms with E-state index < -0.39 is 18.2 Å². The summed E-state index contributed by atoms with van der Waals surface area (Å²) >= 11 is 0. The lowest BCUT2D eigenvalue weighted by atomic mass is 10.1. The van der Waals surface area contributed by atoms with Crippen LogP contribution in [-0.4, -0.2) is 29.1 Å². The number of aliphatic hydroxyl groups is 1. The van der Waals surface area contributed by atoms with E-state index in [9.17, 15) is 14.7 Å². The highest BCUT2D eigenvalue weighted by atomic mass is 16.3. The molecule has 0 spiro atoms. The van der Waals surface area contributed by atoms with Crippen LogP contribution in [0.15, 0.2) is 48.5 Å². The molecule has 0 fully saturated rings. The van der Waals surface area contributed by atoms with Crippen LogP contribution < -0.4 is 10.2 Å². The van der Waals surface area contributed by atoms with E-state index in [-0.39, 0.29) is 11.8 Å². The minimum Gasteiger partial charge on any atom is -0.390 e. The first-order valence-corrected chi connectivity index (χ1v) is 8.50. The van der Waals surface area contributed by atoms with Crippen LogP contribution in [-0.2, 0) is 22.4 Å². The lowest BCUT2D eigenvalue weighted by Gasteiger charge is -2.26. The van der Waals surface area contributed by atoms with Crippen molar-refractivity contribution in [2.24, 2.45) is 0 Å². The van der Waals surface area contributed by atoms with Gasteiger partial charge in [0.15, 0.2) is 0 Å². The fraction of sp³-hybridized carbons (Fsp3) is 0.300. The first-order valence-electron chi connectivity index (χ1n) is 8.50. The molecular formula is C20H20N2O3. The van der Waals surface area contributed by atoms with E-state index in [2.05, 4.69) is 5.32 Å². The fourth-order valence-electron chi connectivity index (χ4n) is 3.98. The third kappa shape index (κ3) is 2.61. The van der Waals surface area contributed by atoms with Crippen molar-refractivity contribution in [3.8, 4) is 0 Å². The summed E-state index contributed by atoms with van der Waals surface area (Å²) in [6.07, 6.45) is 0.380. The van der Waals surface area contributed by atoms with E-state index in [1.54, 1.807) is 4.90 Å². The molecule has 0 bridgehead atoms. The lowest BCUT2D eigenvalue weighted by Crippen LogP contribution is -2.49. The maximum atomic E-state index is 12.9. The number of carbonyl (C=O) groups excluding carboxylic acids is 2. The number of aliphatic hydroxyl groups excluding tert-OH is 1. The largest absolute Gasteiger partial charge is 0.390 e. The van der Waals surface area contributed by atoms with Crippen molar-refractivity contribution >= 4 is 17.5 Å². The van der Waals surface area contributed by atoms with Crippen molar-refractivity contribution < 1.29 is 14.7 Å². The number of anilines is 1. The summed E-state index contributed by atoms with van der Waals surface area (Å²) in [5.41, 5.74) is 3.79. The molecule has 1 aliphatic heterocycles. The Hall–Kier alpha value is -2.66. The van der Waals surface area contributed by atoms with Crippen molar-refractivity contribution in [2.75, 3.05) is 4.90 Å². The van der Waals surface area contributed by atoms with Gasteiger partial charge in [0, 0.05) is 25.5 Å². The standard InChI is InChI=1S/C20H20N2O3/c1-12(23)22-16-9-5-3-7-14(16)10-17(22)20(25)21-19-15-8-4-2-6-13(15)11-18(19)24/h2-9,17-19,24H,10-11H2,1H3,(H,21,25)/t17-,18?,19?/m0/s1. The Kier molecular flexibility index (Phi) is 3.81. The van der Waals surface area contributed by atoms with Gasteiger partial charge in [-0.05, 0) is 22.8 Å². The van der Waals surface area contributed by atoms with E-state index >= 15 is 0 Å². The Bertz CT molecular complexity index is 848. The topological polar surface area (TPSA) is 69.6 Å². The van der Waals surface area contributed by atoms with Crippen LogP contribution in [0.1, 0.15) is 29.7 Å². The lowest BCUT2D eigenvalue weighted by molar-refractivity contribution is -0.126. The highest BCUT2D eigenvalue weighted by Crippen LogP contribution is 2.34. The molecule has 3 atom stereocenters. The van der Waals surface area contributed by atoms with Gasteiger partial charge in [-0.1, -0.05) is 42.5 Å². The molecule has 2 aromatic rings. The number of para-hydroxylation sites is 1. The third-order valence-electron chi connectivity index (χ3n) is 5.12. The molecule has 2 aliphatic rings. The molecular weight excluding hydrogens is 316 g/mol. The van der Waals surface area contributed by atoms with Crippen LogP contribution in [0.2, 0.25) is 0 Å². The number of carbonyl (C=O) groups is 2. The van der Waals surface area contributed by atoms with Crippen molar-refractivity contribution in [2.45, 2.75) is 38.0 Å². The molecule has 1 heterocycles. The van der Waals surface area contributed by atoms with Gasteiger partial charge in [0.05, 0.1) is 12.1 Å². The Labute approximate surface area is 146 Å². The molecule has 0 saturated carbocycles. The summed E-state index contributed by atoms with van der Waals surface area (Å²) in [5, 5.41) is 13.3. The average Bonchev–Trinajstić information content (AvgIpc) is 3.13. The maximum absolute atomic E-state index is 12.9. The zero-order valence-corrected chi connectivity index (χ0v) is 14.0. The number of hydrogen-bond donors (Lipinski definition) is 2. The Morgan fingerprint density at radius 2 is 1.72 bits per heavy atom. The number of hydrogen-bond acceptors (Lipinski definition) is 3. The molecule has 128 valence electrons. The first kappa shape index (κ1) is 15.8.